The minimum Gasteiger partial charge on any atom is -0.466 e. The SMILES string of the molecule is CCCCCCCCCCCCCCCCCC(=O)OCCCCCCCCCCC/C=C\C/C=C\CCCCCCCCCCCCCCCC(=O)NC(CO)C(O)CCCCCCCCCCCC. The molecule has 3 N–H and O–H groups in total. The summed E-state index contributed by atoms with van der Waals surface area (Å²) in [6.07, 6.45) is 75.0. The zero-order chi connectivity index (χ0) is 51.4. The largest absolute Gasteiger partial charge is 0.466 e. The molecule has 2 atom stereocenters. The second kappa shape index (κ2) is 60.9. The number of unbranched alkanes of at least 4 members (excludes halogenated alkanes) is 45. The predicted molar refractivity (Wildman–Crippen MR) is 310 cm³/mol. The second-order valence-corrected chi connectivity index (χ2v) is 22.1. The van der Waals surface area contributed by atoms with E-state index in [2.05, 4.69) is 43.5 Å². The van der Waals surface area contributed by atoms with Gasteiger partial charge < -0.3 is 20.3 Å². The molecule has 71 heavy (non-hydrogen) atoms. The van der Waals surface area contributed by atoms with Gasteiger partial charge in [0.05, 0.1) is 25.4 Å². The van der Waals surface area contributed by atoms with Crippen LogP contribution in [0.4, 0.5) is 0 Å². The fourth-order valence-electron chi connectivity index (χ4n) is 10.1. The molecule has 0 aromatic heterocycles. The van der Waals surface area contributed by atoms with E-state index in [9.17, 15) is 19.8 Å². The zero-order valence-corrected chi connectivity index (χ0v) is 48.0. The summed E-state index contributed by atoms with van der Waals surface area (Å²) >= 11 is 0. The van der Waals surface area contributed by atoms with Crippen LogP contribution in [0.3, 0.4) is 0 Å². The van der Waals surface area contributed by atoms with Gasteiger partial charge in [0.15, 0.2) is 0 Å². The molecule has 0 saturated heterocycles. The number of carbonyl (C=O) groups excluding carboxylic acids is 2. The van der Waals surface area contributed by atoms with Gasteiger partial charge in [-0.2, -0.15) is 0 Å². The Balaban J connectivity index is 3.37. The number of carbonyl (C=O) groups is 2. The van der Waals surface area contributed by atoms with E-state index in [1.54, 1.807) is 0 Å². The van der Waals surface area contributed by atoms with Crippen LogP contribution in [0.1, 0.15) is 354 Å². The molecule has 0 saturated carbocycles. The normalized spacial score (nSPS) is 12.7. The molecule has 0 aliphatic rings. The Morgan fingerprint density at radius 1 is 0.394 bits per heavy atom. The molecule has 0 aliphatic carbocycles. The third-order valence-corrected chi connectivity index (χ3v) is 15.0. The highest BCUT2D eigenvalue weighted by Crippen LogP contribution is 2.18. The minimum atomic E-state index is -0.663. The molecule has 6 nitrogen and oxygen atoms in total. The van der Waals surface area contributed by atoms with Crippen molar-refractivity contribution in [1.29, 1.82) is 0 Å². The Kier molecular flexibility index (Phi) is 59.5. The molecule has 1 amide bonds. The molecular weight excluding hydrogens is 875 g/mol. The second-order valence-electron chi connectivity index (χ2n) is 22.1. The summed E-state index contributed by atoms with van der Waals surface area (Å²) in [5, 5.41) is 23.2. The maximum absolute atomic E-state index is 12.4. The van der Waals surface area contributed by atoms with Crippen molar-refractivity contribution in [3.63, 3.8) is 0 Å². The van der Waals surface area contributed by atoms with Crippen LogP contribution in [0.5, 0.6) is 0 Å². The lowest BCUT2D eigenvalue weighted by molar-refractivity contribution is -0.143. The average Bonchev–Trinajstić information content (AvgIpc) is 3.37. The van der Waals surface area contributed by atoms with Gasteiger partial charge in [0.25, 0.3) is 0 Å². The van der Waals surface area contributed by atoms with Crippen molar-refractivity contribution >= 4 is 11.9 Å². The fraction of sp³-hybridized carbons (Fsp3) is 0.908. The van der Waals surface area contributed by atoms with Crippen LogP contribution >= 0.6 is 0 Å². The van der Waals surface area contributed by atoms with E-state index in [4.69, 9.17) is 4.74 Å². The smallest absolute Gasteiger partial charge is 0.305 e. The van der Waals surface area contributed by atoms with E-state index in [1.165, 1.54) is 276 Å². The Morgan fingerprint density at radius 2 is 0.704 bits per heavy atom. The first-order chi connectivity index (χ1) is 35.0. The summed E-state index contributed by atoms with van der Waals surface area (Å²) in [4.78, 5) is 24.5. The Morgan fingerprint density at radius 3 is 1.07 bits per heavy atom. The highest BCUT2D eigenvalue weighted by molar-refractivity contribution is 5.76. The number of aliphatic hydroxyl groups is 2. The van der Waals surface area contributed by atoms with Crippen molar-refractivity contribution in [2.45, 2.75) is 366 Å². The van der Waals surface area contributed by atoms with Crippen molar-refractivity contribution in [3.8, 4) is 0 Å². The predicted octanol–water partition coefficient (Wildman–Crippen LogP) is 20.2. The standard InChI is InChI=1S/C65H125NO5/c1-3-5-7-9-11-13-15-16-32-36-39-43-47-51-55-59-65(70)71-60-56-52-48-44-40-37-34-31-29-27-25-23-21-19-17-18-20-22-24-26-28-30-33-35-38-42-46-50-54-58-64(69)66-62(61-67)63(68)57-53-49-45-41-14-12-10-8-6-4-2/h17,19,23,25,62-63,67-68H,3-16,18,20-22,24,26-61H2,1-2H3,(H,66,69)/b19-17-,25-23-. The number of rotatable bonds is 60. The summed E-state index contributed by atoms with van der Waals surface area (Å²) in [6, 6.07) is -0.540. The topological polar surface area (TPSA) is 95.9 Å². The molecule has 0 aliphatic heterocycles. The third-order valence-electron chi connectivity index (χ3n) is 15.0. The Hall–Kier alpha value is -1.66. The van der Waals surface area contributed by atoms with Gasteiger partial charge in [-0.15, -0.1) is 0 Å². The molecule has 6 heteroatoms. The van der Waals surface area contributed by atoms with Crippen molar-refractivity contribution in [1.82, 2.24) is 5.32 Å². The molecule has 0 aromatic carbocycles. The van der Waals surface area contributed by atoms with Crippen LogP contribution in [0.15, 0.2) is 24.3 Å². The summed E-state index contributed by atoms with van der Waals surface area (Å²) in [7, 11) is 0. The highest BCUT2D eigenvalue weighted by atomic mass is 16.5. The van der Waals surface area contributed by atoms with Gasteiger partial charge in [-0.25, -0.2) is 0 Å². The van der Waals surface area contributed by atoms with Gasteiger partial charge in [-0.05, 0) is 57.8 Å². The molecule has 0 bridgehead atoms. The molecular formula is C65H125NO5. The van der Waals surface area contributed by atoms with Gasteiger partial charge in [-0.3, -0.25) is 9.59 Å². The summed E-state index contributed by atoms with van der Waals surface area (Å²) < 4.78 is 5.49. The molecule has 0 fully saturated rings. The summed E-state index contributed by atoms with van der Waals surface area (Å²) in [6.45, 7) is 4.96. The van der Waals surface area contributed by atoms with E-state index in [0.29, 0.717) is 25.9 Å². The number of nitrogens with one attached hydrogen (secondary N) is 1. The fourth-order valence-corrected chi connectivity index (χ4v) is 10.1. The van der Waals surface area contributed by atoms with Crippen molar-refractivity contribution in [2.24, 2.45) is 0 Å². The lowest BCUT2D eigenvalue weighted by atomic mass is 10.0. The van der Waals surface area contributed by atoms with Crippen LogP contribution in [0, 0.1) is 0 Å². The zero-order valence-electron chi connectivity index (χ0n) is 48.0. The molecule has 0 rings (SSSR count). The van der Waals surface area contributed by atoms with E-state index in [-0.39, 0.29) is 18.5 Å². The molecule has 0 heterocycles. The number of hydrogen-bond acceptors (Lipinski definition) is 5. The monoisotopic (exact) mass is 1000 g/mol. The van der Waals surface area contributed by atoms with Crippen LogP contribution in [0.25, 0.3) is 0 Å². The van der Waals surface area contributed by atoms with E-state index >= 15 is 0 Å². The number of esters is 1. The quantitative estimate of drug-likeness (QED) is 0.0320. The van der Waals surface area contributed by atoms with E-state index in [1.807, 2.05) is 0 Å². The number of allylic oxidation sites excluding steroid dienone is 4. The number of aliphatic hydroxyl groups excluding tert-OH is 2. The van der Waals surface area contributed by atoms with Gasteiger partial charge in [-0.1, -0.05) is 308 Å². The van der Waals surface area contributed by atoms with Crippen LogP contribution in [0.2, 0.25) is 0 Å². The van der Waals surface area contributed by atoms with Gasteiger partial charge >= 0.3 is 5.97 Å². The number of hydrogen-bond donors (Lipinski definition) is 3. The van der Waals surface area contributed by atoms with Crippen molar-refractivity contribution < 1.29 is 24.5 Å². The van der Waals surface area contributed by atoms with Gasteiger partial charge in [0, 0.05) is 12.8 Å². The maximum atomic E-state index is 12.4. The molecule has 420 valence electrons. The first-order valence-electron chi connectivity index (χ1n) is 32.1. The lowest BCUT2D eigenvalue weighted by Crippen LogP contribution is -2.45. The third kappa shape index (κ3) is 57.5. The first kappa shape index (κ1) is 69.3. The average molecular weight is 1000 g/mol. The van der Waals surface area contributed by atoms with Crippen molar-refractivity contribution in [3.05, 3.63) is 24.3 Å². The molecule has 0 aromatic rings. The van der Waals surface area contributed by atoms with Crippen LogP contribution in [-0.4, -0.2) is 47.4 Å². The van der Waals surface area contributed by atoms with Gasteiger partial charge in [0.1, 0.15) is 0 Å². The van der Waals surface area contributed by atoms with E-state index < -0.39 is 12.1 Å². The number of amides is 1. The highest BCUT2D eigenvalue weighted by Gasteiger charge is 2.20. The molecule has 0 radical (unpaired) electrons. The van der Waals surface area contributed by atoms with E-state index in [0.717, 1.165) is 44.9 Å². The molecule has 2 unspecified atom stereocenters. The summed E-state index contributed by atoms with van der Waals surface area (Å²) in [5.74, 6) is -0.0213. The number of ether oxygens (including phenoxy) is 1. The van der Waals surface area contributed by atoms with Crippen molar-refractivity contribution in [2.75, 3.05) is 13.2 Å². The van der Waals surface area contributed by atoms with Gasteiger partial charge in [0.2, 0.25) is 5.91 Å². The Labute approximate surface area is 443 Å². The summed E-state index contributed by atoms with van der Waals surface area (Å²) in [5.41, 5.74) is 0. The van der Waals surface area contributed by atoms with Crippen LogP contribution < -0.4 is 5.32 Å². The lowest BCUT2D eigenvalue weighted by Gasteiger charge is -2.22. The molecule has 0 spiro atoms. The Bertz CT molecular complexity index is 1110. The maximum Gasteiger partial charge on any atom is 0.305 e. The minimum absolute atomic E-state index is 0.0152. The van der Waals surface area contributed by atoms with Crippen LogP contribution in [-0.2, 0) is 14.3 Å². The first-order valence-corrected chi connectivity index (χ1v) is 32.1.